The van der Waals surface area contributed by atoms with Crippen LogP contribution in [-0.4, -0.2) is 58.0 Å². The molecule has 1 heterocycles. The second-order valence-electron chi connectivity index (χ2n) is 9.05. The Labute approximate surface area is 247 Å². The molecule has 13 heteroatoms. The lowest BCUT2D eigenvalue weighted by Gasteiger charge is -2.33. The van der Waals surface area contributed by atoms with Gasteiger partial charge >= 0.3 is 0 Å². The second-order valence-corrected chi connectivity index (χ2v) is 11.7. The molecule has 1 aliphatic heterocycles. The molecular formula is C28H28Cl2FN3O6S. The number of carbonyl (C=O) groups is 2. The fourth-order valence-electron chi connectivity index (χ4n) is 4.39. The van der Waals surface area contributed by atoms with Crippen molar-refractivity contribution in [3.05, 3.63) is 82.1 Å². The molecule has 3 aromatic rings. The van der Waals surface area contributed by atoms with Crippen LogP contribution in [0.15, 0.2) is 65.6 Å². The molecule has 0 radical (unpaired) electrons. The van der Waals surface area contributed by atoms with Gasteiger partial charge < -0.3 is 19.7 Å². The molecule has 9 nitrogen and oxygen atoms in total. The predicted octanol–water partition coefficient (Wildman–Crippen LogP) is 4.65. The zero-order valence-electron chi connectivity index (χ0n) is 22.3. The third kappa shape index (κ3) is 6.69. The lowest BCUT2D eigenvalue weighted by atomic mass is 10.1. The SMILES string of the molecule is CCC(C(=O)NC)N(Cc1c(Cl)cccc1Cl)C(=O)CN(c1ccc(F)cc1)S(=O)(=O)c1ccc2c(c1)OCCO2. The fraction of sp³-hybridized carbons (Fsp3) is 0.286. The Bertz CT molecular complexity index is 1520. The third-order valence-electron chi connectivity index (χ3n) is 6.52. The number of rotatable bonds is 10. The van der Waals surface area contributed by atoms with Crippen LogP contribution in [0.1, 0.15) is 18.9 Å². The van der Waals surface area contributed by atoms with Crippen molar-refractivity contribution in [2.24, 2.45) is 0 Å². The first-order valence-corrected chi connectivity index (χ1v) is 14.9. The number of anilines is 1. The number of fused-ring (bicyclic) bond motifs is 1. The summed E-state index contributed by atoms with van der Waals surface area (Å²) in [6.07, 6.45) is 0.221. The summed E-state index contributed by atoms with van der Waals surface area (Å²) in [5.74, 6) is -1.12. The van der Waals surface area contributed by atoms with Crippen molar-refractivity contribution in [3.63, 3.8) is 0 Å². The van der Waals surface area contributed by atoms with Crippen LogP contribution in [0.2, 0.25) is 10.0 Å². The Hall–Kier alpha value is -3.54. The summed E-state index contributed by atoms with van der Waals surface area (Å²) in [7, 11) is -2.96. The first-order valence-electron chi connectivity index (χ1n) is 12.7. The van der Waals surface area contributed by atoms with Gasteiger partial charge in [-0.25, -0.2) is 12.8 Å². The van der Waals surface area contributed by atoms with Gasteiger partial charge in [-0.15, -0.1) is 0 Å². The van der Waals surface area contributed by atoms with Crippen LogP contribution in [0.4, 0.5) is 10.1 Å². The lowest BCUT2D eigenvalue weighted by molar-refractivity contribution is -0.140. The quantitative estimate of drug-likeness (QED) is 0.352. The summed E-state index contributed by atoms with van der Waals surface area (Å²) in [6, 6.07) is 12.7. The van der Waals surface area contributed by atoms with E-state index in [9.17, 15) is 22.4 Å². The van der Waals surface area contributed by atoms with Crippen LogP contribution in [-0.2, 0) is 26.2 Å². The summed E-state index contributed by atoms with van der Waals surface area (Å²) < 4.78 is 53.7. The lowest BCUT2D eigenvalue weighted by Crippen LogP contribution is -2.51. The van der Waals surface area contributed by atoms with Crippen molar-refractivity contribution < 1.29 is 31.9 Å². The Morgan fingerprint density at radius 3 is 2.24 bits per heavy atom. The van der Waals surface area contributed by atoms with Gasteiger partial charge in [-0.05, 0) is 55.0 Å². The molecule has 0 spiro atoms. The topological polar surface area (TPSA) is 105 Å². The van der Waals surface area contributed by atoms with E-state index in [1.165, 1.54) is 42.3 Å². The van der Waals surface area contributed by atoms with Crippen molar-refractivity contribution in [2.75, 3.05) is 31.1 Å². The van der Waals surface area contributed by atoms with E-state index in [2.05, 4.69) is 5.32 Å². The third-order valence-corrected chi connectivity index (χ3v) is 9.00. The van der Waals surface area contributed by atoms with Gasteiger partial charge in [0.05, 0.1) is 10.6 Å². The van der Waals surface area contributed by atoms with Gasteiger partial charge in [0.15, 0.2) is 11.5 Å². The van der Waals surface area contributed by atoms with Crippen LogP contribution >= 0.6 is 23.2 Å². The molecule has 1 atom stereocenters. The molecule has 0 aliphatic carbocycles. The van der Waals surface area contributed by atoms with E-state index in [1.54, 1.807) is 25.1 Å². The summed E-state index contributed by atoms with van der Waals surface area (Å²) >= 11 is 12.8. The first-order chi connectivity index (χ1) is 19.6. The normalized spacial score (nSPS) is 13.3. The highest BCUT2D eigenvalue weighted by Gasteiger charge is 2.34. The minimum Gasteiger partial charge on any atom is -0.486 e. The summed E-state index contributed by atoms with van der Waals surface area (Å²) in [5.41, 5.74) is 0.438. The van der Waals surface area contributed by atoms with Gasteiger partial charge in [0.2, 0.25) is 11.8 Å². The van der Waals surface area contributed by atoms with E-state index in [0.29, 0.717) is 17.9 Å². The number of nitrogens with one attached hydrogen (secondary N) is 1. The smallest absolute Gasteiger partial charge is 0.264 e. The van der Waals surface area contributed by atoms with Crippen LogP contribution in [0.5, 0.6) is 11.5 Å². The van der Waals surface area contributed by atoms with Gasteiger partial charge in [-0.2, -0.15) is 0 Å². The largest absolute Gasteiger partial charge is 0.486 e. The molecule has 0 saturated heterocycles. The van der Waals surface area contributed by atoms with Crippen molar-refractivity contribution >= 4 is 50.7 Å². The van der Waals surface area contributed by atoms with Gasteiger partial charge in [0, 0.05) is 35.3 Å². The molecule has 1 aliphatic rings. The molecule has 41 heavy (non-hydrogen) atoms. The average molecular weight is 625 g/mol. The van der Waals surface area contributed by atoms with Crippen molar-refractivity contribution in [1.82, 2.24) is 10.2 Å². The van der Waals surface area contributed by atoms with Crippen LogP contribution < -0.4 is 19.1 Å². The number of ether oxygens (including phenoxy) is 2. The van der Waals surface area contributed by atoms with Gasteiger partial charge in [0.25, 0.3) is 10.0 Å². The maximum Gasteiger partial charge on any atom is 0.264 e. The zero-order valence-corrected chi connectivity index (χ0v) is 24.6. The van der Waals surface area contributed by atoms with E-state index in [-0.39, 0.29) is 46.0 Å². The Morgan fingerprint density at radius 1 is 1.00 bits per heavy atom. The second kappa shape index (κ2) is 13.0. The van der Waals surface area contributed by atoms with Gasteiger partial charge in [-0.3, -0.25) is 13.9 Å². The molecular weight excluding hydrogens is 596 g/mol. The monoisotopic (exact) mass is 623 g/mol. The van der Waals surface area contributed by atoms with Crippen LogP contribution in [0.25, 0.3) is 0 Å². The number of benzene rings is 3. The van der Waals surface area contributed by atoms with Crippen molar-refractivity contribution in [1.29, 1.82) is 0 Å². The van der Waals surface area contributed by atoms with Crippen LogP contribution in [0, 0.1) is 5.82 Å². The number of sulfonamides is 1. The number of carbonyl (C=O) groups excluding carboxylic acids is 2. The molecule has 1 N–H and O–H groups in total. The minimum atomic E-state index is -4.40. The minimum absolute atomic E-state index is 0.0401. The molecule has 0 bridgehead atoms. The number of hydrogen-bond acceptors (Lipinski definition) is 6. The summed E-state index contributed by atoms with van der Waals surface area (Å²) in [6.45, 7) is 1.42. The molecule has 3 aromatic carbocycles. The molecule has 0 fully saturated rings. The predicted molar refractivity (Wildman–Crippen MR) is 154 cm³/mol. The number of likely N-dealkylation sites (N-methyl/N-ethyl adjacent to an activating group) is 1. The van der Waals surface area contributed by atoms with Crippen LogP contribution in [0.3, 0.4) is 0 Å². The number of nitrogens with zero attached hydrogens (tertiary/aromatic N) is 2. The van der Waals surface area contributed by atoms with E-state index < -0.39 is 40.2 Å². The average Bonchev–Trinajstić information content (AvgIpc) is 2.97. The number of amides is 2. The highest BCUT2D eigenvalue weighted by atomic mass is 35.5. The highest BCUT2D eigenvalue weighted by Crippen LogP contribution is 2.35. The molecule has 0 saturated carbocycles. The van der Waals surface area contributed by atoms with E-state index in [1.807, 2.05) is 0 Å². The maximum absolute atomic E-state index is 14.0. The van der Waals surface area contributed by atoms with Crippen molar-refractivity contribution in [2.45, 2.75) is 30.8 Å². The number of hydrogen-bond donors (Lipinski definition) is 1. The van der Waals surface area contributed by atoms with E-state index >= 15 is 0 Å². The zero-order chi connectivity index (χ0) is 29.7. The first kappa shape index (κ1) is 30.4. The molecule has 0 aromatic heterocycles. The van der Waals surface area contributed by atoms with E-state index in [0.717, 1.165) is 16.4 Å². The van der Waals surface area contributed by atoms with Gasteiger partial charge in [-0.1, -0.05) is 36.2 Å². The van der Waals surface area contributed by atoms with Crippen molar-refractivity contribution in [3.8, 4) is 11.5 Å². The standard InChI is InChI=1S/C28H28Cl2FN3O6S/c1-3-24(28(36)32-2)33(16-21-22(29)5-4-6-23(21)30)27(35)17-34(19-9-7-18(31)8-10-19)41(37,38)20-11-12-25-26(15-20)40-14-13-39-25/h4-12,15,24H,3,13-14,16-17H2,1-2H3,(H,32,36). The molecule has 4 rings (SSSR count). The summed E-state index contributed by atoms with van der Waals surface area (Å²) in [5, 5.41) is 3.10. The number of halogens is 3. The fourth-order valence-corrected chi connectivity index (χ4v) is 6.33. The van der Waals surface area contributed by atoms with E-state index in [4.69, 9.17) is 32.7 Å². The molecule has 218 valence electrons. The Balaban J connectivity index is 1.77. The maximum atomic E-state index is 14.0. The Kier molecular flexibility index (Phi) is 9.62. The Morgan fingerprint density at radius 2 is 1.63 bits per heavy atom. The molecule has 2 amide bonds. The summed E-state index contributed by atoms with van der Waals surface area (Å²) in [4.78, 5) is 27.9. The van der Waals surface area contributed by atoms with Gasteiger partial charge in [0.1, 0.15) is 31.6 Å². The highest BCUT2D eigenvalue weighted by molar-refractivity contribution is 7.92. The molecule has 1 unspecified atom stereocenters.